The number of benzene rings is 2. The van der Waals surface area contributed by atoms with E-state index in [2.05, 4.69) is 0 Å². The molecule has 0 N–H and O–H groups in total. The second-order valence-corrected chi connectivity index (χ2v) is 4.77. The molecule has 3 rings (SSSR count). The van der Waals surface area contributed by atoms with E-state index in [9.17, 15) is 4.79 Å². The van der Waals surface area contributed by atoms with Crippen molar-refractivity contribution in [2.45, 2.75) is 0 Å². The third kappa shape index (κ3) is 2.40. The van der Waals surface area contributed by atoms with Crippen LogP contribution in [0.15, 0.2) is 54.1 Å². The van der Waals surface area contributed by atoms with Crippen LogP contribution in [0.25, 0.3) is 6.08 Å². The van der Waals surface area contributed by atoms with Crippen LogP contribution in [0.5, 0.6) is 5.75 Å². The van der Waals surface area contributed by atoms with Crippen molar-refractivity contribution < 1.29 is 9.53 Å². The molecule has 2 nitrogen and oxygen atoms in total. The molecule has 0 spiro atoms. The topological polar surface area (TPSA) is 26.3 Å². The molecular weight excluding hydrogens is 260 g/mol. The highest BCUT2D eigenvalue weighted by molar-refractivity contribution is 6.31. The van der Waals surface area contributed by atoms with E-state index in [0.29, 0.717) is 28.5 Å². The third-order valence-electron chi connectivity index (χ3n) is 3.00. The molecule has 2 aromatic rings. The lowest BCUT2D eigenvalue weighted by Gasteiger charge is -2.18. The van der Waals surface area contributed by atoms with Crippen molar-refractivity contribution in [1.82, 2.24) is 0 Å². The van der Waals surface area contributed by atoms with Gasteiger partial charge in [-0.3, -0.25) is 4.79 Å². The summed E-state index contributed by atoms with van der Waals surface area (Å²) < 4.78 is 5.59. The molecule has 0 aromatic heterocycles. The van der Waals surface area contributed by atoms with Gasteiger partial charge in [0.15, 0.2) is 5.78 Å². The van der Waals surface area contributed by atoms with Gasteiger partial charge >= 0.3 is 0 Å². The Kier molecular flexibility index (Phi) is 3.10. The molecule has 1 heterocycles. The second-order valence-electron chi connectivity index (χ2n) is 4.34. The summed E-state index contributed by atoms with van der Waals surface area (Å²) in [4.78, 5) is 12.4. The Morgan fingerprint density at radius 1 is 1.11 bits per heavy atom. The molecule has 0 aliphatic carbocycles. The standard InChI is InChI=1S/C16H11ClO2/c17-13-6-7-15-14(9-13)16(18)12(10-19-15)8-11-4-2-1-3-5-11/h1-9H,10H2/b12-8-. The van der Waals surface area contributed by atoms with Gasteiger partial charge in [0, 0.05) is 10.6 Å². The summed E-state index contributed by atoms with van der Waals surface area (Å²) in [6, 6.07) is 14.8. The Hall–Kier alpha value is -2.06. The van der Waals surface area contributed by atoms with Crippen molar-refractivity contribution in [2.75, 3.05) is 6.61 Å². The molecule has 0 radical (unpaired) electrons. The normalized spacial score (nSPS) is 16.1. The van der Waals surface area contributed by atoms with Gasteiger partial charge in [-0.15, -0.1) is 0 Å². The van der Waals surface area contributed by atoms with Gasteiger partial charge in [0.2, 0.25) is 0 Å². The lowest BCUT2D eigenvalue weighted by molar-refractivity contribution is 0.100. The third-order valence-corrected chi connectivity index (χ3v) is 3.24. The van der Waals surface area contributed by atoms with E-state index in [1.54, 1.807) is 18.2 Å². The first kappa shape index (κ1) is 12.0. The number of rotatable bonds is 1. The number of Topliss-reactive ketones (excluding diaryl/α,β-unsaturated/α-hetero) is 1. The number of carbonyl (C=O) groups is 1. The minimum Gasteiger partial charge on any atom is -0.488 e. The first-order valence-corrected chi connectivity index (χ1v) is 6.34. The fourth-order valence-corrected chi connectivity index (χ4v) is 2.23. The van der Waals surface area contributed by atoms with Gasteiger partial charge in [-0.2, -0.15) is 0 Å². The Balaban J connectivity index is 2.00. The first-order valence-electron chi connectivity index (χ1n) is 5.97. The predicted octanol–water partition coefficient (Wildman–Crippen LogP) is 4.00. The fraction of sp³-hybridized carbons (Fsp3) is 0.0625. The van der Waals surface area contributed by atoms with Crippen molar-refractivity contribution in [1.29, 1.82) is 0 Å². The Labute approximate surface area is 116 Å². The van der Waals surface area contributed by atoms with Crippen molar-refractivity contribution in [3.8, 4) is 5.75 Å². The lowest BCUT2D eigenvalue weighted by atomic mass is 9.98. The van der Waals surface area contributed by atoms with E-state index >= 15 is 0 Å². The van der Waals surface area contributed by atoms with Crippen molar-refractivity contribution in [2.24, 2.45) is 0 Å². The highest BCUT2D eigenvalue weighted by Gasteiger charge is 2.23. The monoisotopic (exact) mass is 270 g/mol. The molecule has 0 saturated heterocycles. The maximum absolute atomic E-state index is 12.4. The van der Waals surface area contributed by atoms with Crippen LogP contribution in [0.4, 0.5) is 0 Å². The average molecular weight is 271 g/mol. The Morgan fingerprint density at radius 2 is 1.89 bits per heavy atom. The second kappa shape index (κ2) is 4.90. The van der Waals surface area contributed by atoms with Crippen molar-refractivity contribution in [3.05, 3.63) is 70.3 Å². The molecule has 3 heteroatoms. The predicted molar refractivity (Wildman–Crippen MR) is 75.7 cm³/mol. The van der Waals surface area contributed by atoms with Crippen LogP contribution in [-0.4, -0.2) is 12.4 Å². The molecule has 1 aliphatic rings. The molecule has 2 aromatic carbocycles. The highest BCUT2D eigenvalue weighted by Crippen LogP contribution is 2.30. The fourth-order valence-electron chi connectivity index (χ4n) is 2.06. The Morgan fingerprint density at radius 3 is 2.68 bits per heavy atom. The summed E-state index contributed by atoms with van der Waals surface area (Å²) in [5.74, 6) is 0.576. The minimum atomic E-state index is -0.0207. The van der Waals surface area contributed by atoms with Gasteiger partial charge in [-0.25, -0.2) is 0 Å². The van der Waals surface area contributed by atoms with E-state index in [-0.39, 0.29) is 5.78 Å². The molecule has 0 fully saturated rings. The molecular formula is C16H11ClO2. The van der Waals surface area contributed by atoms with Crippen LogP contribution in [0.3, 0.4) is 0 Å². The number of ketones is 1. The van der Waals surface area contributed by atoms with Crippen molar-refractivity contribution in [3.63, 3.8) is 0 Å². The average Bonchev–Trinajstić information content (AvgIpc) is 2.44. The van der Waals surface area contributed by atoms with E-state index in [1.165, 1.54) is 0 Å². The van der Waals surface area contributed by atoms with Gasteiger partial charge in [0.05, 0.1) is 5.56 Å². The zero-order valence-electron chi connectivity index (χ0n) is 10.1. The number of hydrogen-bond acceptors (Lipinski definition) is 2. The molecule has 94 valence electrons. The van der Waals surface area contributed by atoms with Crippen LogP contribution in [-0.2, 0) is 0 Å². The van der Waals surface area contributed by atoms with Crippen LogP contribution < -0.4 is 4.74 Å². The quantitative estimate of drug-likeness (QED) is 0.732. The molecule has 1 aliphatic heterocycles. The van der Waals surface area contributed by atoms with E-state index in [1.807, 2.05) is 36.4 Å². The summed E-state index contributed by atoms with van der Waals surface area (Å²) in [7, 11) is 0. The van der Waals surface area contributed by atoms with Gasteiger partial charge in [-0.1, -0.05) is 41.9 Å². The summed E-state index contributed by atoms with van der Waals surface area (Å²) in [5.41, 5.74) is 2.15. The van der Waals surface area contributed by atoms with Gasteiger partial charge in [-0.05, 0) is 29.8 Å². The van der Waals surface area contributed by atoms with Gasteiger partial charge in [0.1, 0.15) is 12.4 Å². The summed E-state index contributed by atoms with van der Waals surface area (Å²) >= 11 is 5.92. The maximum Gasteiger partial charge on any atom is 0.196 e. The van der Waals surface area contributed by atoms with Crippen LogP contribution in [0.1, 0.15) is 15.9 Å². The number of ether oxygens (including phenoxy) is 1. The SMILES string of the molecule is O=C1/C(=C\c2ccccc2)COc2ccc(Cl)cc21. The first-order chi connectivity index (χ1) is 9.24. The van der Waals surface area contributed by atoms with Gasteiger partial charge < -0.3 is 4.74 Å². The molecule has 0 amide bonds. The summed E-state index contributed by atoms with van der Waals surface area (Å²) in [6.45, 7) is 0.294. The van der Waals surface area contributed by atoms with E-state index in [0.717, 1.165) is 5.56 Å². The maximum atomic E-state index is 12.4. The molecule has 0 saturated carbocycles. The number of hydrogen-bond donors (Lipinski definition) is 0. The summed E-state index contributed by atoms with van der Waals surface area (Å²) in [6.07, 6.45) is 1.85. The highest BCUT2D eigenvalue weighted by atomic mass is 35.5. The number of fused-ring (bicyclic) bond motifs is 1. The Bertz CT molecular complexity index is 660. The number of carbonyl (C=O) groups excluding carboxylic acids is 1. The lowest BCUT2D eigenvalue weighted by Crippen LogP contribution is -2.18. The zero-order chi connectivity index (χ0) is 13.2. The van der Waals surface area contributed by atoms with Crippen LogP contribution >= 0.6 is 11.6 Å². The van der Waals surface area contributed by atoms with E-state index in [4.69, 9.17) is 16.3 Å². The van der Waals surface area contributed by atoms with Crippen molar-refractivity contribution >= 4 is 23.5 Å². The molecule has 0 unspecified atom stereocenters. The zero-order valence-corrected chi connectivity index (χ0v) is 10.9. The molecule has 0 atom stereocenters. The largest absolute Gasteiger partial charge is 0.488 e. The van der Waals surface area contributed by atoms with Crippen LogP contribution in [0.2, 0.25) is 5.02 Å². The molecule has 0 bridgehead atoms. The van der Waals surface area contributed by atoms with Gasteiger partial charge in [0.25, 0.3) is 0 Å². The smallest absolute Gasteiger partial charge is 0.196 e. The van der Waals surface area contributed by atoms with Crippen LogP contribution in [0, 0.1) is 0 Å². The molecule has 19 heavy (non-hydrogen) atoms. The minimum absolute atomic E-state index is 0.0207. The summed E-state index contributed by atoms with van der Waals surface area (Å²) in [5, 5.41) is 0.539. The number of halogens is 1. The van der Waals surface area contributed by atoms with E-state index < -0.39 is 0 Å².